The first kappa shape index (κ1) is 15.0. The summed E-state index contributed by atoms with van der Waals surface area (Å²) < 4.78 is 17.1. The number of ether oxygens (including phenoxy) is 3. The Bertz CT molecular complexity index is 290. The lowest BCUT2D eigenvalue weighted by Gasteiger charge is -2.16. The third-order valence-electron chi connectivity index (χ3n) is 4.34. The summed E-state index contributed by atoms with van der Waals surface area (Å²) in [5, 5.41) is 0. The highest BCUT2D eigenvalue weighted by molar-refractivity contribution is 5.15. The molecule has 0 aliphatic carbocycles. The molecule has 3 nitrogen and oxygen atoms in total. The van der Waals surface area contributed by atoms with Gasteiger partial charge in [0.05, 0.1) is 12.7 Å². The molecular weight excluding hydrogens is 240 g/mol. The maximum absolute atomic E-state index is 5.97. The fraction of sp³-hybridized carbons (Fsp3) is 0.875. The van der Waals surface area contributed by atoms with Crippen molar-refractivity contribution in [1.29, 1.82) is 0 Å². The van der Waals surface area contributed by atoms with E-state index >= 15 is 0 Å². The van der Waals surface area contributed by atoms with Crippen molar-refractivity contribution in [1.82, 2.24) is 0 Å². The van der Waals surface area contributed by atoms with Gasteiger partial charge in [0.25, 0.3) is 0 Å². The van der Waals surface area contributed by atoms with E-state index in [4.69, 9.17) is 14.2 Å². The molecule has 0 N–H and O–H groups in total. The molecular formula is C16H28O3. The molecule has 3 heteroatoms. The summed E-state index contributed by atoms with van der Waals surface area (Å²) in [7, 11) is 1.69. The molecule has 2 aliphatic rings. The van der Waals surface area contributed by atoms with Crippen LogP contribution in [-0.2, 0) is 14.2 Å². The van der Waals surface area contributed by atoms with Gasteiger partial charge in [0.1, 0.15) is 6.10 Å². The van der Waals surface area contributed by atoms with Crippen molar-refractivity contribution in [3.8, 4) is 0 Å². The van der Waals surface area contributed by atoms with Crippen LogP contribution in [-0.4, -0.2) is 32.2 Å². The monoisotopic (exact) mass is 268 g/mol. The molecule has 0 aromatic carbocycles. The summed E-state index contributed by atoms with van der Waals surface area (Å²) in [5.41, 5.74) is 1.18. The Hall–Kier alpha value is -0.380. The van der Waals surface area contributed by atoms with Gasteiger partial charge in [-0.3, -0.25) is 0 Å². The van der Waals surface area contributed by atoms with Crippen molar-refractivity contribution in [3.05, 3.63) is 12.2 Å². The fourth-order valence-corrected chi connectivity index (χ4v) is 3.26. The second-order valence-corrected chi connectivity index (χ2v) is 5.79. The van der Waals surface area contributed by atoms with Gasteiger partial charge in [-0.2, -0.15) is 0 Å². The molecule has 4 atom stereocenters. The number of rotatable bonds is 8. The average Bonchev–Trinajstić information content (AvgIpc) is 2.95. The minimum absolute atomic E-state index is 0.0718. The summed E-state index contributed by atoms with van der Waals surface area (Å²) in [6, 6.07) is 0. The summed E-state index contributed by atoms with van der Waals surface area (Å²) >= 11 is 0. The highest BCUT2D eigenvalue weighted by atomic mass is 16.7. The van der Waals surface area contributed by atoms with Crippen LogP contribution in [0.2, 0.25) is 0 Å². The summed E-state index contributed by atoms with van der Waals surface area (Å²) in [5.74, 6) is 0.348. The number of unbranched alkanes of at least 4 members (excludes halogenated alkanes) is 5. The van der Waals surface area contributed by atoms with Crippen molar-refractivity contribution in [3.63, 3.8) is 0 Å². The van der Waals surface area contributed by atoms with Crippen LogP contribution >= 0.6 is 0 Å². The Kier molecular flexibility index (Phi) is 5.86. The SMILES string of the molecule is C=C1CO[C@H]2[C@H](OC)O[C@@H](CCCCCCCC)[C@@H]12. The van der Waals surface area contributed by atoms with E-state index in [-0.39, 0.29) is 18.5 Å². The van der Waals surface area contributed by atoms with Crippen LogP contribution in [0.25, 0.3) is 0 Å². The van der Waals surface area contributed by atoms with Gasteiger partial charge in [0.2, 0.25) is 0 Å². The van der Waals surface area contributed by atoms with E-state index in [2.05, 4.69) is 13.5 Å². The zero-order valence-electron chi connectivity index (χ0n) is 12.4. The van der Waals surface area contributed by atoms with Crippen LogP contribution in [0.5, 0.6) is 0 Å². The van der Waals surface area contributed by atoms with Gasteiger partial charge in [-0.05, 0) is 12.0 Å². The molecule has 2 heterocycles. The summed E-state index contributed by atoms with van der Waals surface area (Å²) in [6.07, 6.45) is 9.15. The van der Waals surface area contributed by atoms with Crippen LogP contribution in [0.3, 0.4) is 0 Å². The second-order valence-electron chi connectivity index (χ2n) is 5.79. The first-order valence-electron chi connectivity index (χ1n) is 7.75. The molecule has 2 aliphatic heterocycles. The third-order valence-corrected chi connectivity index (χ3v) is 4.34. The molecule has 0 radical (unpaired) electrons. The zero-order valence-corrected chi connectivity index (χ0v) is 12.4. The average molecular weight is 268 g/mol. The van der Waals surface area contributed by atoms with Crippen molar-refractivity contribution < 1.29 is 14.2 Å². The van der Waals surface area contributed by atoms with E-state index in [0.717, 1.165) is 6.42 Å². The van der Waals surface area contributed by atoms with E-state index in [9.17, 15) is 0 Å². The van der Waals surface area contributed by atoms with E-state index < -0.39 is 0 Å². The lowest BCUT2D eigenvalue weighted by Crippen LogP contribution is -2.26. The van der Waals surface area contributed by atoms with Gasteiger partial charge in [-0.15, -0.1) is 0 Å². The number of methoxy groups -OCH3 is 1. The highest BCUT2D eigenvalue weighted by Crippen LogP contribution is 2.41. The lowest BCUT2D eigenvalue weighted by molar-refractivity contribution is -0.158. The minimum atomic E-state index is -0.200. The van der Waals surface area contributed by atoms with Crippen molar-refractivity contribution >= 4 is 0 Å². The van der Waals surface area contributed by atoms with Crippen LogP contribution in [0.15, 0.2) is 12.2 Å². The molecule has 0 aromatic rings. The van der Waals surface area contributed by atoms with Gasteiger partial charge in [-0.1, -0.05) is 52.0 Å². The Morgan fingerprint density at radius 1 is 1.21 bits per heavy atom. The zero-order chi connectivity index (χ0) is 13.7. The largest absolute Gasteiger partial charge is 0.368 e. The summed E-state index contributed by atoms with van der Waals surface area (Å²) in [6.45, 7) is 7.05. The molecule has 2 fully saturated rings. The van der Waals surface area contributed by atoms with E-state index in [0.29, 0.717) is 12.5 Å². The predicted molar refractivity (Wildman–Crippen MR) is 76.0 cm³/mol. The second kappa shape index (κ2) is 7.41. The normalized spacial score (nSPS) is 33.9. The van der Waals surface area contributed by atoms with E-state index in [1.165, 1.54) is 44.1 Å². The minimum Gasteiger partial charge on any atom is -0.368 e. The number of fused-ring (bicyclic) bond motifs is 1. The molecule has 110 valence electrons. The van der Waals surface area contributed by atoms with Gasteiger partial charge >= 0.3 is 0 Å². The number of hydrogen-bond donors (Lipinski definition) is 0. The molecule has 19 heavy (non-hydrogen) atoms. The van der Waals surface area contributed by atoms with Crippen molar-refractivity contribution in [2.45, 2.75) is 70.4 Å². The molecule has 0 amide bonds. The van der Waals surface area contributed by atoms with E-state index in [1.807, 2.05) is 0 Å². The highest BCUT2D eigenvalue weighted by Gasteiger charge is 2.49. The maximum atomic E-state index is 5.97. The topological polar surface area (TPSA) is 27.7 Å². The molecule has 2 rings (SSSR count). The van der Waals surface area contributed by atoms with Gasteiger partial charge < -0.3 is 14.2 Å². The van der Waals surface area contributed by atoms with Crippen LogP contribution in [0.1, 0.15) is 51.9 Å². The summed E-state index contributed by atoms with van der Waals surface area (Å²) in [4.78, 5) is 0. The molecule has 0 unspecified atom stereocenters. The molecule has 2 saturated heterocycles. The Balaban J connectivity index is 1.72. The first-order valence-corrected chi connectivity index (χ1v) is 7.75. The van der Waals surface area contributed by atoms with Gasteiger partial charge in [-0.25, -0.2) is 0 Å². The molecule has 0 aromatic heterocycles. The molecule has 0 saturated carbocycles. The smallest absolute Gasteiger partial charge is 0.184 e. The standard InChI is InChI=1S/C16H28O3/c1-4-5-6-7-8-9-10-13-14-12(2)11-18-15(14)16(17-3)19-13/h13-16H,2,4-11H2,1,3H3/t13-,14+,15+,16+/m0/s1. The molecule has 0 spiro atoms. The number of hydrogen-bond acceptors (Lipinski definition) is 3. The Morgan fingerprint density at radius 2 is 1.95 bits per heavy atom. The van der Waals surface area contributed by atoms with Crippen molar-refractivity contribution in [2.75, 3.05) is 13.7 Å². The Labute approximate surface area is 117 Å². The lowest BCUT2D eigenvalue weighted by atomic mass is 9.90. The van der Waals surface area contributed by atoms with Crippen LogP contribution in [0, 0.1) is 5.92 Å². The fourth-order valence-electron chi connectivity index (χ4n) is 3.26. The van der Waals surface area contributed by atoms with Gasteiger partial charge in [0, 0.05) is 13.0 Å². The third kappa shape index (κ3) is 3.59. The quantitative estimate of drug-likeness (QED) is 0.496. The van der Waals surface area contributed by atoms with Crippen LogP contribution < -0.4 is 0 Å². The van der Waals surface area contributed by atoms with Crippen LogP contribution in [0.4, 0.5) is 0 Å². The van der Waals surface area contributed by atoms with Gasteiger partial charge in [0.15, 0.2) is 6.29 Å². The predicted octanol–water partition coefficient (Wildman–Crippen LogP) is 3.68. The maximum Gasteiger partial charge on any atom is 0.184 e. The first-order chi connectivity index (χ1) is 9.27. The molecule has 0 bridgehead atoms. The van der Waals surface area contributed by atoms with Crippen molar-refractivity contribution in [2.24, 2.45) is 5.92 Å². The Morgan fingerprint density at radius 3 is 2.68 bits per heavy atom. The van der Waals surface area contributed by atoms with E-state index in [1.54, 1.807) is 7.11 Å².